The minimum absolute atomic E-state index is 0.0471. The van der Waals surface area contributed by atoms with E-state index in [1.807, 2.05) is 0 Å². The second-order valence-electron chi connectivity index (χ2n) is 7.42. The zero-order valence-corrected chi connectivity index (χ0v) is 17.9. The Morgan fingerprint density at radius 2 is 1.93 bits per heavy atom. The average Bonchev–Trinajstić information content (AvgIpc) is 3.28. The van der Waals surface area contributed by atoms with E-state index in [1.165, 1.54) is 10.7 Å². The molecule has 1 atom stereocenters. The summed E-state index contributed by atoms with van der Waals surface area (Å²) in [6.45, 7) is 2.46. The highest BCUT2D eigenvalue weighted by Gasteiger charge is 2.34. The molecule has 0 bridgehead atoms. The first-order chi connectivity index (χ1) is 14.3. The van der Waals surface area contributed by atoms with Crippen LogP contribution in [-0.4, -0.2) is 88.5 Å². The molecule has 30 heavy (non-hydrogen) atoms. The van der Waals surface area contributed by atoms with Gasteiger partial charge in [0.15, 0.2) is 15.7 Å². The number of hydrogen-bond donors (Lipinski definition) is 1. The van der Waals surface area contributed by atoms with Crippen molar-refractivity contribution in [3.63, 3.8) is 0 Å². The predicted molar refractivity (Wildman–Crippen MR) is 112 cm³/mol. The zero-order valence-electron chi connectivity index (χ0n) is 16.3. The van der Waals surface area contributed by atoms with Crippen LogP contribution in [0.4, 0.5) is 4.39 Å². The van der Waals surface area contributed by atoms with Gasteiger partial charge in [-0.25, -0.2) is 17.5 Å². The molecule has 2 aliphatic heterocycles. The number of hydrogen-bond acceptors (Lipinski definition) is 8. The Balaban J connectivity index is 1.30. The van der Waals surface area contributed by atoms with Crippen molar-refractivity contribution in [1.82, 2.24) is 24.7 Å². The first kappa shape index (κ1) is 21.1. The van der Waals surface area contributed by atoms with E-state index in [2.05, 4.69) is 15.1 Å². The fourth-order valence-corrected chi connectivity index (χ4v) is 6.34. The fourth-order valence-electron chi connectivity index (χ4n) is 3.82. The molecule has 3 heterocycles. The number of benzene rings is 1. The smallest absolute Gasteiger partial charge is 0.233 e. The molecular weight excluding hydrogens is 431 g/mol. The first-order valence-electron chi connectivity index (χ1n) is 9.64. The molecule has 1 aromatic carbocycles. The Bertz CT molecular complexity index is 1040. The van der Waals surface area contributed by atoms with Crippen molar-refractivity contribution in [3.8, 4) is 11.4 Å². The summed E-state index contributed by atoms with van der Waals surface area (Å²) in [4.78, 5) is 16.5. The lowest BCUT2D eigenvalue weighted by atomic mass is 10.2. The number of rotatable bonds is 5. The van der Waals surface area contributed by atoms with Crippen molar-refractivity contribution in [2.24, 2.45) is 0 Å². The van der Waals surface area contributed by atoms with Crippen LogP contribution >= 0.6 is 11.8 Å². The number of halogens is 1. The zero-order chi connectivity index (χ0) is 21.3. The topological polar surface area (TPSA) is 114 Å². The lowest BCUT2D eigenvalue weighted by Crippen LogP contribution is -2.52. The molecule has 2 aliphatic rings. The van der Waals surface area contributed by atoms with Gasteiger partial charge < -0.3 is 10.7 Å². The molecule has 2 saturated heterocycles. The standard InChI is InChI=1S/C18H23FN6O3S2/c19-15-4-2-1-3-14(15)17-21-22-18(25(17)20)29-11-16(26)24-8-6-23(7-9-24)13-5-10-30(27,28)12-13/h1-4,13H,5-12,20H2. The van der Waals surface area contributed by atoms with Crippen LogP contribution in [0.25, 0.3) is 11.4 Å². The van der Waals surface area contributed by atoms with Gasteiger partial charge in [-0.3, -0.25) is 9.69 Å². The van der Waals surface area contributed by atoms with Crippen LogP contribution in [0.15, 0.2) is 29.4 Å². The van der Waals surface area contributed by atoms with E-state index in [-0.39, 0.29) is 40.6 Å². The monoisotopic (exact) mass is 454 g/mol. The van der Waals surface area contributed by atoms with Gasteiger partial charge in [-0.15, -0.1) is 10.2 Å². The molecule has 2 aromatic rings. The molecule has 1 amide bonds. The molecule has 0 saturated carbocycles. The molecule has 1 aromatic heterocycles. The number of sulfone groups is 1. The summed E-state index contributed by atoms with van der Waals surface area (Å²) in [7, 11) is -2.91. The van der Waals surface area contributed by atoms with E-state index in [0.717, 1.165) is 11.8 Å². The van der Waals surface area contributed by atoms with Crippen LogP contribution < -0.4 is 5.84 Å². The lowest BCUT2D eigenvalue weighted by molar-refractivity contribution is -0.130. The maximum absolute atomic E-state index is 14.0. The molecule has 0 radical (unpaired) electrons. The van der Waals surface area contributed by atoms with Crippen LogP contribution in [0.1, 0.15) is 6.42 Å². The lowest BCUT2D eigenvalue weighted by Gasteiger charge is -2.37. The number of carbonyl (C=O) groups is 1. The molecule has 1 unspecified atom stereocenters. The maximum atomic E-state index is 14.0. The highest BCUT2D eigenvalue weighted by atomic mass is 32.2. The number of nitrogens with two attached hydrogens (primary N) is 1. The summed E-state index contributed by atoms with van der Waals surface area (Å²) in [6, 6.07) is 6.22. The van der Waals surface area contributed by atoms with Crippen LogP contribution in [0, 0.1) is 5.82 Å². The molecule has 0 spiro atoms. The van der Waals surface area contributed by atoms with E-state index < -0.39 is 15.7 Å². The quantitative estimate of drug-likeness (QED) is 0.504. The maximum Gasteiger partial charge on any atom is 0.233 e. The highest BCUT2D eigenvalue weighted by Crippen LogP contribution is 2.24. The van der Waals surface area contributed by atoms with Crippen LogP contribution in [-0.2, 0) is 14.6 Å². The third kappa shape index (κ3) is 4.44. The predicted octanol–water partition coefficient (Wildman–Crippen LogP) is 0.221. The van der Waals surface area contributed by atoms with E-state index in [9.17, 15) is 17.6 Å². The molecule has 9 nitrogen and oxygen atoms in total. The molecule has 0 aliphatic carbocycles. The molecule has 162 valence electrons. The summed E-state index contributed by atoms with van der Waals surface area (Å²) < 4.78 is 38.5. The summed E-state index contributed by atoms with van der Waals surface area (Å²) in [5, 5.41) is 8.26. The van der Waals surface area contributed by atoms with Crippen molar-refractivity contribution in [1.29, 1.82) is 0 Å². The number of nitrogens with zero attached hydrogens (tertiary/aromatic N) is 5. The van der Waals surface area contributed by atoms with E-state index >= 15 is 0 Å². The van der Waals surface area contributed by atoms with Crippen molar-refractivity contribution in [2.75, 3.05) is 49.3 Å². The summed E-state index contributed by atoms with van der Waals surface area (Å²) in [5.74, 6) is 6.32. The Morgan fingerprint density at radius 1 is 1.20 bits per heavy atom. The Labute approximate surface area is 178 Å². The summed E-state index contributed by atoms with van der Waals surface area (Å²) in [5.41, 5.74) is 0.246. The number of carbonyl (C=O) groups excluding carboxylic acids is 1. The largest absolute Gasteiger partial charge is 0.339 e. The van der Waals surface area contributed by atoms with Crippen molar-refractivity contribution >= 4 is 27.5 Å². The summed E-state index contributed by atoms with van der Waals surface area (Å²) >= 11 is 1.15. The Hall–Kier alpha value is -2.18. The van der Waals surface area contributed by atoms with E-state index in [1.54, 1.807) is 23.1 Å². The second-order valence-corrected chi connectivity index (χ2v) is 10.6. The van der Waals surface area contributed by atoms with E-state index in [0.29, 0.717) is 37.8 Å². The van der Waals surface area contributed by atoms with Crippen molar-refractivity contribution < 1.29 is 17.6 Å². The van der Waals surface area contributed by atoms with Gasteiger partial charge in [-0.2, -0.15) is 0 Å². The first-order valence-corrected chi connectivity index (χ1v) is 12.5. The van der Waals surface area contributed by atoms with Gasteiger partial charge in [0, 0.05) is 32.2 Å². The van der Waals surface area contributed by atoms with Gasteiger partial charge >= 0.3 is 0 Å². The third-order valence-electron chi connectivity index (χ3n) is 5.50. The van der Waals surface area contributed by atoms with Crippen LogP contribution in [0.5, 0.6) is 0 Å². The van der Waals surface area contributed by atoms with Gasteiger partial charge in [-0.1, -0.05) is 23.9 Å². The molecule has 4 rings (SSSR count). The normalized spacial score (nSPS) is 21.8. The summed E-state index contributed by atoms with van der Waals surface area (Å²) in [6.07, 6.45) is 0.669. The fraction of sp³-hybridized carbons (Fsp3) is 0.500. The van der Waals surface area contributed by atoms with E-state index in [4.69, 9.17) is 5.84 Å². The SMILES string of the molecule is Nn1c(SCC(=O)N2CCN(C3CCS(=O)(=O)C3)CC2)nnc1-c1ccccc1F. The number of piperazine rings is 1. The Kier molecular flexibility index (Phi) is 5.98. The second kappa shape index (κ2) is 8.52. The van der Waals surface area contributed by atoms with Crippen molar-refractivity contribution in [3.05, 3.63) is 30.1 Å². The minimum Gasteiger partial charge on any atom is -0.339 e. The molecule has 2 N–H and O–H groups in total. The molecular formula is C18H23FN6O3S2. The highest BCUT2D eigenvalue weighted by molar-refractivity contribution is 7.99. The Morgan fingerprint density at radius 3 is 2.60 bits per heavy atom. The van der Waals surface area contributed by atoms with Crippen molar-refractivity contribution in [2.45, 2.75) is 17.6 Å². The van der Waals surface area contributed by atoms with Gasteiger partial charge in [0.25, 0.3) is 0 Å². The van der Waals surface area contributed by atoms with Crippen LogP contribution in [0.2, 0.25) is 0 Å². The number of thioether (sulfide) groups is 1. The minimum atomic E-state index is -2.91. The molecule has 12 heteroatoms. The number of amides is 1. The van der Waals surface area contributed by atoms with Gasteiger partial charge in [0.05, 0.1) is 22.8 Å². The number of aromatic nitrogens is 3. The third-order valence-corrected chi connectivity index (χ3v) is 8.17. The van der Waals surface area contributed by atoms with Gasteiger partial charge in [0.2, 0.25) is 11.1 Å². The van der Waals surface area contributed by atoms with Gasteiger partial charge in [-0.05, 0) is 18.6 Å². The average molecular weight is 455 g/mol. The molecule has 2 fully saturated rings. The van der Waals surface area contributed by atoms with Crippen LogP contribution in [0.3, 0.4) is 0 Å². The van der Waals surface area contributed by atoms with Gasteiger partial charge in [0.1, 0.15) is 5.82 Å². The number of nitrogen functional groups attached to an aromatic ring is 1.